The summed E-state index contributed by atoms with van der Waals surface area (Å²) in [6.45, 7) is 9.81. The van der Waals surface area contributed by atoms with Crippen molar-refractivity contribution < 1.29 is 0 Å². The summed E-state index contributed by atoms with van der Waals surface area (Å²) < 4.78 is 0.858. The van der Waals surface area contributed by atoms with Gasteiger partial charge in [-0.2, -0.15) is 0 Å². The molecule has 1 heterocycles. The van der Waals surface area contributed by atoms with Crippen molar-refractivity contribution in [3.63, 3.8) is 0 Å². The van der Waals surface area contributed by atoms with Gasteiger partial charge >= 0.3 is 0 Å². The SMILES string of the molecule is CC1CCCC(CCNc2cc(Br)nc(C(C)(C)C)n2)C1. The second-order valence-corrected chi connectivity index (χ2v) is 8.32. The van der Waals surface area contributed by atoms with Gasteiger partial charge in [-0.05, 0) is 40.6 Å². The molecule has 21 heavy (non-hydrogen) atoms. The van der Waals surface area contributed by atoms with Gasteiger partial charge in [-0.3, -0.25) is 0 Å². The van der Waals surface area contributed by atoms with Crippen molar-refractivity contribution in [1.29, 1.82) is 0 Å². The van der Waals surface area contributed by atoms with Crippen LogP contribution in [-0.4, -0.2) is 16.5 Å². The number of rotatable bonds is 4. The molecule has 0 aromatic carbocycles. The van der Waals surface area contributed by atoms with Crippen molar-refractivity contribution in [3.8, 4) is 0 Å². The molecule has 2 unspecified atom stereocenters. The molecule has 0 radical (unpaired) electrons. The molecule has 1 N–H and O–H groups in total. The average molecular weight is 354 g/mol. The highest BCUT2D eigenvalue weighted by molar-refractivity contribution is 9.10. The van der Waals surface area contributed by atoms with E-state index in [2.05, 4.69) is 58.9 Å². The molecule has 0 bridgehead atoms. The predicted octanol–water partition coefficient (Wildman–Crippen LogP) is 5.16. The van der Waals surface area contributed by atoms with Crippen molar-refractivity contribution in [1.82, 2.24) is 9.97 Å². The minimum atomic E-state index is -0.0288. The van der Waals surface area contributed by atoms with Crippen molar-refractivity contribution in [2.75, 3.05) is 11.9 Å². The Labute approximate surface area is 137 Å². The fourth-order valence-electron chi connectivity index (χ4n) is 3.07. The normalized spacial score (nSPS) is 23.1. The van der Waals surface area contributed by atoms with E-state index in [4.69, 9.17) is 0 Å². The summed E-state index contributed by atoms with van der Waals surface area (Å²) in [7, 11) is 0. The quantitative estimate of drug-likeness (QED) is 0.759. The lowest BCUT2D eigenvalue weighted by Crippen LogP contribution is -2.19. The van der Waals surface area contributed by atoms with Gasteiger partial charge in [0.1, 0.15) is 16.2 Å². The van der Waals surface area contributed by atoms with Crippen molar-refractivity contribution >= 4 is 21.7 Å². The van der Waals surface area contributed by atoms with E-state index in [1.54, 1.807) is 0 Å². The van der Waals surface area contributed by atoms with Crippen LogP contribution in [0.4, 0.5) is 5.82 Å². The highest BCUT2D eigenvalue weighted by Crippen LogP contribution is 2.30. The standard InChI is InChI=1S/C17H28BrN3/c1-12-6-5-7-13(10-12)8-9-19-15-11-14(18)20-16(21-15)17(2,3)4/h11-13H,5-10H2,1-4H3,(H,19,20,21). The van der Waals surface area contributed by atoms with E-state index in [9.17, 15) is 0 Å². The summed E-state index contributed by atoms with van der Waals surface area (Å²) in [4.78, 5) is 9.13. The van der Waals surface area contributed by atoms with Gasteiger partial charge in [0.05, 0.1) is 0 Å². The topological polar surface area (TPSA) is 37.8 Å². The molecule has 3 nitrogen and oxygen atoms in total. The van der Waals surface area contributed by atoms with Crippen LogP contribution in [0.5, 0.6) is 0 Å². The summed E-state index contributed by atoms with van der Waals surface area (Å²) in [5.41, 5.74) is -0.0288. The molecule has 2 atom stereocenters. The van der Waals surface area contributed by atoms with E-state index in [-0.39, 0.29) is 5.41 Å². The smallest absolute Gasteiger partial charge is 0.137 e. The lowest BCUT2D eigenvalue weighted by Gasteiger charge is -2.26. The molecular formula is C17H28BrN3. The first-order valence-corrected chi connectivity index (χ1v) is 8.93. The number of nitrogens with one attached hydrogen (secondary N) is 1. The summed E-state index contributed by atoms with van der Waals surface area (Å²) >= 11 is 3.49. The maximum absolute atomic E-state index is 4.65. The van der Waals surface area contributed by atoms with Gasteiger partial charge in [0.15, 0.2) is 0 Å². The number of halogens is 1. The van der Waals surface area contributed by atoms with Crippen LogP contribution in [0, 0.1) is 11.8 Å². The first-order valence-electron chi connectivity index (χ1n) is 8.13. The molecule has 1 aromatic heterocycles. The molecule has 4 heteroatoms. The Morgan fingerprint density at radius 2 is 2.05 bits per heavy atom. The largest absolute Gasteiger partial charge is 0.370 e. The molecule has 0 aliphatic heterocycles. The third kappa shape index (κ3) is 5.24. The first-order chi connectivity index (χ1) is 9.84. The number of anilines is 1. The molecule has 2 rings (SSSR count). The minimum absolute atomic E-state index is 0.0288. The highest BCUT2D eigenvalue weighted by Gasteiger charge is 2.20. The Hall–Kier alpha value is -0.640. The van der Waals surface area contributed by atoms with E-state index in [1.807, 2.05) is 6.07 Å². The van der Waals surface area contributed by atoms with Gasteiger partial charge in [-0.1, -0.05) is 47.0 Å². The Balaban J connectivity index is 1.89. The lowest BCUT2D eigenvalue weighted by molar-refractivity contribution is 0.274. The minimum Gasteiger partial charge on any atom is -0.370 e. The van der Waals surface area contributed by atoms with Gasteiger partial charge in [0, 0.05) is 18.0 Å². The van der Waals surface area contributed by atoms with Crippen molar-refractivity contribution in [3.05, 3.63) is 16.5 Å². The lowest BCUT2D eigenvalue weighted by atomic mass is 9.81. The molecule has 1 aliphatic rings. The molecule has 0 spiro atoms. The number of aromatic nitrogens is 2. The Morgan fingerprint density at radius 1 is 1.29 bits per heavy atom. The predicted molar refractivity (Wildman–Crippen MR) is 92.7 cm³/mol. The Kier molecular flexibility index (Phi) is 5.64. The van der Waals surface area contributed by atoms with Crippen molar-refractivity contribution in [2.24, 2.45) is 11.8 Å². The van der Waals surface area contributed by atoms with E-state index in [1.165, 1.54) is 32.1 Å². The maximum atomic E-state index is 4.65. The molecule has 118 valence electrons. The molecular weight excluding hydrogens is 326 g/mol. The van der Waals surface area contributed by atoms with Gasteiger partial charge in [-0.15, -0.1) is 0 Å². The van der Waals surface area contributed by atoms with Gasteiger partial charge in [-0.25, -0.2) is 9.97 Å². The molecule has 1 saturated carbocycles. The third-order valence-corrected chi connectivity index (χ3v) is 4.68. The van der Waals surface area contributed by atoms with Crippen LogP contribution >= 0.6 is 15.9 Å². The molecule has 1 aliphatic carbocycles. The Morgan fingerprint density at radius 3 is 2.71 bits per heavy atom. The molecule has 0 saturated heterocycles. The van der Waals surface area contributed by atoms with Crippen molar-refractivity contribution in [2.45, 2.75) is 65.2 Å². The number of nitrogens with zero attached hydrogens (tertiary/aromatic N) is 2. The van der Waals surface area contributed by atoms with Crippen LogP contribution in [0.1, 0.15) is 65.6 Å². The Bertz CT molecular complexity index is 468. The maximum Gasteiger partial charge on any atom is 0.137 e. The number of hydrogen-bond donors (Lipinski definition) is 1. The summed E-state index contributed by atoms with van der Waals surface area (Å²) in [5, 5.41) is 3.48. The summed E-state index contributed by atoms with van der Waals surface area (Å²) in [6.07, 6.45) is 6.85. The fraction of sp³-hybridized carbons (Fsp3) is 0.765. The fourth-order valence-corrected chi connectivity index (χ4v) is 3.45. The van der Waals surface area contributed by atoms with Crippen LogP contribution in [-0.2, 0) is 5.41 Å². The van der Waals surface area contributed by atoms with Gasteiger partial charge in [0.25, 0.3) is 0 Å². The van der Waals surface area contributed by atoms with E-state index >= 15 is 0 Å². The third-order valence-electron chi connectivity index (χ3n) is 4.27. The first kappa shape index (κ1) is 16.7. The zero-order chi connectivity index (χ0) is 15.5. The molecule has 1 fully saturated rings. The van der Waals surface area contributed by atoms with E-state index in [0.29, 0.717) is 0 Å². The number of hydrogen-bond acceptors (Lipinski definition) is 3. The van der Waals surface area contributed by atoms with Crippen LogP contribution in [0.2, 0.25) is 0 Å². The second-order valence-electron chi connectivity index (χ2n) is 7.50. The van der Waals surface area contributed by atoms with Crippen LogP contribution in [0.3, 0.4) is 0 Å². The highest BCUT2D eigenvalue weighted by atomic mass is 79.9. The second kappa shape index (κ2) is 7.08. The summed E-state index contributed by atoms with van der Waals surface area (Å²) in [5.74, 6) is 3.61. The van der Waals surface area contributed by atoms with E-state index in [0.717, 1.165) is 34.6 Å². The average Bonchev–Trinajstić information content (AvgIpc) is 2.37. The van der Waals surface area contributed by atoms with Gasteiger partial charge in [0.2, 0.25) is 0 Å². The zero-order valence-corrected chi connectivity index (χ0v) is 15.3. The molecule has 0 amide bonds. The van der Waals surface area contributed by atoms with Crippen LogP contribution in [0.25, 0.3) is 0 Å². The molecule has 1 aromatic rings. The monoisotopic (exact) mass is 353 g/mol. The van der Waals surface area contributed by atoms with Crippen LogP contribution < -0.4 is 5.32 Å². The van der Waals surface area contributed by atoms with Gasteiger partial charge < -0.3 is 5.32 Å². The van der Waals surface area contributed by atoms with E-state index < -0.39 is 0 Å². The summed E-state index contributed by atoms with van der Waals surface area (Å²) in [6, 6.07) is 1.97. The van der Waals surface area contributed by atoms with Crippen LogP contribution in [0.15, 0.2) is 10.7 Å². The zero-order valence-electron chi connectivity index (χ0n) is 13.7.